The zero-order valence-corrected chi connectivity index (χ0v) is 9.80. The Morgan fingerprint density at radius 2 is 2.20 bits per heavy atom. The van der Waals surface area contributed by atoms with Crippen LogP contribution in [0.4, 0.5) is 0 Å². The summed E-state index contributed by atoms with van der Waals surface area (Å²) in [5.41, 5.74) is 1.72. The van der Waals surface area contributed by atoms with Crippen LogP contribution in [0.3, 0.4) is 0 Å². The van der Waals surface area contributed by atoms with Gasteiger partial charge in [-0.05, 0) is 31.0 Å². The minimum atomic E-state index is 0.132. The van der Waals surface area contributed by atoms with Gasteiger partial charge in [0.05, 0.1) is 7.11 Å². The van der Waals surface area contributed by atoms with Crippen LogP contribution in [0.1, 0.15) is 28.8 Å². The number of hydrogen-bond acceptors (Lipinski definition) is 2. The fraction of sp³-hybridized carbons (Fsp3) is 0.417. The molecule has 15 heavy (non-hydrogen) atoms. The lowest BCUT2D eigenvalue weighted by molar-refractivity contribution is 0.0981. The summed E-state index contributed by atoms with van der Waals surface area (Å²) in [4.78, 5) is 11.8. The Balaban J connectivity index is 2.86. The van der Waals surface area contributed by atoms with Crippen LogP contribution in [-0.2, 0) is 0 Å². The highest BCUT2D eigenvalue weighted by Gasteiger charge is 2.09. The van der Waals surface area contributed by atoms with Gasteiger partial charge >= 0.3 is 0 Å². The van der Waals surface area contributed by atoms with Gasteiger partial charge in [0.15, 0.2) is 5.78 Å². The van der Waals surface area contributed by atoms with E-state index in [1.165, 1.54) is 0 Å². The lowest BCUT2D eigenvalue weighted by Crippen LogP contribution is -2.02. The van der Waals surface area contributed by atoms with Crippen molar-refractivity contribution < 1.29 is 9.53 Å². The summed E-state index contributed by atoms with van der Waals surface area (Å²) in [6.07, 6.45) is 1.22. The molecule has 0 aliphatic carbocycles. The summed E-state index contributed by atoms with van der Waals surface area (Å²) in [6.45, 7) is 1.92. The Kier molecular flexibility index (Phi) is 4.63. The van der Waals surface area contributed by atoms with Crippen LogP contribution in [0.2, 0.25) is 0 Å². The Labute approximate surface area is 95.2 Å². The summed E-state index contributed by atoms with van der Waals surface area (Å²) in [7, 11) is 1.59. The van der Waals surface area contributed by atoms with Crippen molar-refractivity contribution in [1.82, 2.24) is 0 Å². The van der Waals surface area contributed by atoms with Crippen LogP contribution in [-0.4, -0.2) is 18.8 Å². The minimum absolute atomic E-state index is 0.132. The number of halogens is 1. The van der Waals surface area contributed by atoms with E-state index in [0.717, 1.165) is 23.3 Å². The van der Waals surface area contributed by atoms with E-state index in [9.17, 15) is 4.79 Å². The monoisotopic (exact) mass is 226 g/mol. The van der Waals surface area contributed by atoms with E-state index in [-0.39, 0.29) is 5.78 Å². The number of alkyl halides is 1. The number of carbonyl (C=O) groups excluding carboxylic acids is 1. The molecule has 0 spiro atoms. The van der Waals surface area contributed by atoms with Gasteiger partial charge in [-0.2, -0.15) is 0 Å². The first-order valence-corrected chi connectivity index (χ1v) is 5.46. The predicted molar refractivity (Wildman–Crippen MR) is 62.0 cm³/mol. The molecule has 0 heterocycles. The number of hydrogen-bond donors (Lipinski definition) is 0. The molecule has 82 valence electrons. The third kappa shape index (κ3) is 3.24. The van der Waals surface area contributed by atoms with Gasteiger partial charge in [0.2, 0.25) is 0 Å². The van der Waals surface area contributed by atoms with E-state index in [1.807, 2.05) is 19.1 Å². The van der Waals surface area contributed by atoms with Crippen LogP contribution >= 0.6 is 11.6 Å². The standard InChI is InChI=1S/C12H15ClO2/c1-9-5-6-10(15-2)8-11(9)12(14)4-3-7-13/h5-6,8H,3-4,7H2,1-2H3. The molecule has 0 amide bonds. The second-order valence-electron chi connectivity index (χ2n) is 3.40. The van der Waals surface area contributed by atoms with Crippen molar-refractivity contribution in [3.05, 3.63) is 29.3 Å². The number of benzene rings is 1. The van der Waals surface area contributed by atoms with Crippen molar-refractivity contribution in [1.29, 1.82) is 0 Å². The summed E-state index contributed by atoms with van der Waals surface area (Å²) in [6, 6.07) is 5.53. The number of ether oxygens (including phenoxy) is 1. The Hall–Kier alpha value is -1.02. The van der Waals surface area contributed by atoms with Crippen molar-refractivity contribution in [2.24, 2.45) is 0 Å². The number of carbonyl (C=O) groups is 1. The number of Topliss-reactive ketones (excluding diaryl/α,β-unsaturated/α-hetero) is 1. The topological polar surface area (TPSA) is 26.3 Å². The normalized spacial score (nSPS) is 10.1. The molecule has 0 radical (unpaired) electrons. The van der Waals surface area contributed by atoms with Crippen molar-refractivity contribution >= 4 is 17.4 Å². The Morgan fingerprint density at radius 3 is 2.80 bits per heavy atom. The van der Waals surface area contributed by atoms with Crippen LogP contribution in [0, 0.1) is 6.92 Å². The lowest BCUT2D eigenvalue weighted by Gasteiger charge is -2.06. The van der Waals surface area contributed by atoms with Crippen molar-refractivity contribution in [3.63, 3.8) is 0 Å². The van der Waals surface area contributed by atoms with Gasteiger partial charge in [0.1, 0.15) is 5.75 Å². The molecule has 0 aliphatic rings. The number of methoxy groups -OCH3 is 1. The predicted octanol–water partition coefficient (Wildman–Crippen LogP) is 3.21. The average molecular weight is 227 g/mol. The van der Waals surface area contributed by atoms with Gasteiger partial charge in [-0.15, -0.1) is 11.6 Å². The van der Waals surface area contributed by atoms with Gasteiger partial charge in [-0.3, -0.25) is 4.79 Å². The first-order valence-electron chi connectivity index (χ1n) is 4.93. The first-order chi connectivity index (χ1) is 7.19. The van der Waals surface area contributed by atoms with E-state index < -0.39 is 0 Å². The molecule has 1 rings (SSSR count). The largest absolute Gasteiger partial charge is 0.497 e. The summed E-state index contributed by atoms with van der Waals surface area (Å²) in [5, 5.41) is 0. The van der Waals surface area contributed by atoms with Crippen molar-refractivity contribution in [2.75, 3.05) is 13.0 Å². The fourth-order valence-electron chi connectivity index (χ4n) is 1.39. The molecule has 0 aromatic heterocycles. The molecule has 0 aliphatic heterocycles. The average Bonchev–Trinajstić information content (AvgIpc) is 2.26. The first kappa shape index (κ1) is 12.1. The fourth-order valence-corrected chi connectivity index (χ4v) is 1.52. The molecular weight excluding hydrogens is 212 g/mol. The maximum absolute atomic E-state index is 11.8. The molecule has 0 saturated heterocycles. The highest BCUT2D eigenvalue weighted by molar-refractivity contribution is 6.18. The molecule has 0 atom stereocenters. The third-order valence-corrected chi connectivity index (χ3v) is 2.55. The van der Waals surface area contributed by atoms with E-state index in [0.29, 0.717) is 12.3 Å². The SMILES string of the molecule is COc1ccc(C)c(C(=O)CCCCl)c1. The van der Waals surface area contributed by atoms with Crippen molar-refractivity contribution in [2.45, 2.75) is 19.8 Å². The second kappa shape index (κ2) is 5.76. The number of rotatable bonds is 5. The summed E-state index contributed by atoms with van der Waals surface area (Å²) < 4.78 is 5.09. The van der Waals surface area contributed by atoms with E-state index in [2.05, 4.69) is 0 Å². The minimum Gasteiger partial charge on any atom is -0.497 e. The summed E-state index contributed by atoms with van der Waals surface area (Å²) >= 11 is 5.55. The van der Waals surface area contributed by atoms with Crippen molar-refractivity contribution in [3.8, 4) is 5.75 Å². The Morgan fingerprint density at radius 1 is 1.47 bits per heavy atom. The zero-order chi connectivity index (χ0) is 11.3. The molecule has 3 heteroatoms. The number of ketones is 1. The molecule has 0 unspecified atom stereocenters. The van der Waals surface area contributed by atoms with Crippen LogP contribution < -0.4 is 4.74 Å². The van der Waals surface area contributed by atoms with Crippen LogP contribution in [0.15, 0.2) is 18.2 Å². The van der Waals surface area contributed by atoms with E-state index >= 15 is 0 Å². The summed E-state index contributed by atoms with van der Waals surface area (Å²) in [5.74, 6) is 1.37. The quantitative estimate of drug-likeness (QED) is 0.569. The zero-order valence-electron chi connectivity index (χ0n) is 9.05. The molecule has 0 bridgehead atoms. The maximum Gasteiger partial charge on any atom is 0.163 e. The number of aryl methyl sites for hydroxylation is 1. The molecular formula is C12H15ClO2. The maximum atomic E-state index is 11.8. The van der Waals surface area contributed by atoms with Gasteiger partial charge in [-0.1, -0.05) is 6.07 Å². The van der Waals surface area contributed by atoms with Gasteiger partial charge in [0, 0.05) is 17.9 Å². The molecule has 0 N–H and O–H groups in total. The second-order valence-corrected chi connectivity index (χ2v) is 3.77. The third-order valence-electron chi connectivity index (χ3n) is 2.28. The Bertz CT molecular complexity index is 347. The molecule has 1 aromatic carbocycles. The highest BCUT2D eigenvalue weighted by Crippen LogP contribution is 2.19. The van der Waals surface area contributed by atoms with Gasteiger partial charge in [0.25, 0.3) is 0 Å². The highest BCUT2D eigenvalue weighted by atomic mass is 35.5. The molecule has 0 saturated carbocycles. The van der Waals surface area contributed by atoms with E-state index in [4.69, 9.17) is 16.3 Å². The van der Waals surface area contributed by atoms with Crippen LogP contribution in [0.25, 0.3) is 0 Å². The van der Waals surface area contributed by atoms with Gasteiger partial charge < -0.3 is 4.74 Å². The smallest absolute Gasteiger partial charge is 0.163 e. The molecule has 1 aromatic rings. The van der Waals surface area contributed by atoms with Gasteiger partial charge in [-0.25, -0.2) is 0 Å². The van der Waals surface area contributed by atoms with E-state index in [1.54, 1.807) is 13.2 Å². The van der Waals surface area contributed by atoms with Crippen LogP contribution in [0.5, 0.6) is 5.75 Å². The molecule has 0 fully saturated rings. The lowest BCUT2D eigenvalue weighted by atomic mass is 10.0. The molecule has 2 nitrogen and oxygen atoms in total.